The maximum atomic E-state index is 12.7. The van der Waals surface area contributed by atoms with Crippen molar-refractivity contribution in [3.8, 4) is 0 Å². The lowest BCUT2D eigenvalue weighted by molar-refractivity contribution is -0.251. The van der Waals surface area contributed by atoms with E-state index in [2.05, 4.69) is 27.7 Å². The second-order valence-electron chi connectivity index (χ2n) is 8.93. The molecule has 0 unspecified atom stereocenters. The minimum absolute atomic E-state index is 0.0219. The van der Waals surface area contributed by atoms with Gasteiger partial charge in [-0.2, -0.15) is 5.06 Å². The highest BCUT2D eigenvalue weighted by Gasteiger charge is 2.44. The number of hydrogen-bond donors (Lipinski definition) is 1. The SMILES string of the molecule is CC1(C)CC(CCC2=CC(=O)C3=CCCC=C3C2=O)CC(C)(C)N1O. The maximum absolute atomic E-state index is 12.7. The normalized spacial score (nSPS) is 26.7. The van der Waals surface area contributed by atoms with Gasteiger partial charge in [0.1, 0.15) is 0 Å². The lowest BCUT2D eigenvalue weighted by Crippen LogP contribution is -2.58. The quantitative estimate of drug-likeness (QED) is 0.836. The van der Waals surface area contributed by atoms with E-state index in [1.165, 1.54) is 5.06 Å². The van der Waals surface area contributed by atoms with Crippen molar-refractivity contribution in [3.63, 3.8) is 0 Å². The second kappa shape index (κ2) is 6.33. The highest BCUT2D eigenvalue weighted by atomic mass is 16.5. The van der Waals surface area contributed by atoms with Gasteiger partial charge in [-0.3, -0.25) is 9.59 Å². The number of nitrogens with zero attached hydrogens (tertiary/aromatic N) is 1. The molecule has 3 rings (SSSR count). The fourth-order valence-corrected chi connectivity index (χ4v) is 4.82. The first-order chi connectivity index (χ1) is 11.6. The van der Waals surface area contributed by atoms with Gasteiger partial charge in [-0.15, -0.1) is 0 Å². The third kappa shape index (κ3) is 3.42. The number of hydrogen-bond acceptors (Lipinski definition) is 4. The molecule has 25 heavy (non-hydrogen) atoms. The largest absolute Gasteiger partial charge is 0.313 e. The van der Waals surface area contributed by atoms with E-state index in [9.17, 15) is 14.8 Å². The Kier molecular flexibility index (Phi) is 4.63. The van der Waals surface area contributed by atoms with Crippen molar-refractivity contribution >= 4 is 11.6 Å². The molecular formula is C21H29NO3. The zero-order chi connectivity index (χ0) is 18.4. The molecule has 3 aliphatic rings. The molecule has 1 saturated heterocycles. The van der Waals surface area contributed by atoms with Crippen LogP contribution in [-0.4, -0.2) is 32.9 Å². The monoisotopic (exact) mass is 343 g/mol. The number of carbonyl (C=O) groups is 2. The first-order valence-electron chi connectivity index (χ1n) is 9.31. The molecule has 136 valence electrons. The molecule has 0 spiro atoms. The first-order valence-corrected chi connectivity index (χ1v) is 9.31. The van der Waals surface area contributed by atoms with Gasteiger partial charge >= 0.3 is 0 Å². The van der Waals surface area contributed by atoms with Gasteiger partial charge in [-0.05, 0) is 78.2 Å². The molecule has 4 nitrogen and oxygen atoms in total. The Morgan fingerprint density at radius 3 is 2.20 bits per heavy atom. The number of Topliss-reactive ketones (excluding diaryl/α,β-unsaturated/α-hetero) is 1. The van der Waals surface area contributed by atoms with E-state index in [-0.39, 0.29) is 22.6 Å². The van der Waals surface area contributed by atoms with Crippen LogP contribution in [0.15, 0.2) is 34.9 Å². The van der Waals surface area contributed by atoms with Crippen LogP contribution in [0.1, 0.15) is 66.2 Å². The number of carbonyl (C=O) groups excluding carboxylic acids is 2. The van der Waals surface area contributed by atoms with E-state index >= 15 is 0 Å². The van der Waals surface area contributed by atoms with Crippen molar-refractivity contribution in [3.05, 3.63) is 34.9 Å². The highest BCUT2D eigenvalue weighted by molar-refractivity contribution is 6.27. The topological polar surface area (TPSA) is 57.6 Å². The highest BCUT2D eigenvalue weighted by Crippen LogP contribution is 2.42. The van der Waals surface area contributed by atoms with E-state index in [1.807, 2.05) is 12.2 Å². The molecule has 0 aromatic rings. The molecule has 0 atom stereocenters. The standard InChI is InChI=1S/C21H29NO3/c1-20(2)12-14(13-21(3,4)22(20)25)9-10-15-11-18(23)16-7-5-6-8-17(16)19(15)24/h7-8,11,14,25H,5-6,9-10,12-13H2,1-4H3. The number of rotatable bonds is 3. The van der Waals surface area contributed by atoms with E-state index in [0.717, 1.165) is 32.1 Å². The Hall–Kier alpha value is -1.52. The predicted octanol–water partition coefficient (Wildman–Crippen LogP) is 4.15. The van der Waals surface area contributed by atoms with Crippen LogP contribution in [-0.2, 0) is 9.59 Å². The summed E-state index contributed by atoms with van der Waals surface area (Å²) in [6, 6.07) is 0. The van der Waals surface area contributed by atoms with Crippen LogP contribution < -0.4 is 0 Å². The molecule has 0 amide bonds. The molecule has 0 radical (unpaired) electrons. The summed E-state index contributed by atoms with van der Waals surface area (Å²) in [5.74, 6) is 0.435. The molecule has 2 aliphatic carbocycles. The third-order valence-electron chi connectivity index (χ3n) is 5.81. The van der Waals surface area contributed by atoms with Crippen molar-refractivity contribution in [2.24, 2.45) is 5.92 Å². The third-order valence-corrected chi connectivity index (χ3v) is 5.81. The number of ketones is 2. The second-order valence-corrected chi connectivity index (χ2v) is 8.93. The molecule has 1 heterocycles. The molecule has 1 fully saturated rings. The minimum atomic E-state index is -0.283. The molecule has 0 bridgehead atoms. The number of allylic oxidation sites excluding steroid dienone is 6. The molecule has 0 aromatic heterocycles. The molecule has 4 heteroatoms. The van der Waals surface area contributed by atoms with Crippen LogP contribution in [0.3, 0.4) is 0 Å². The minimum Gasteiger partial charge on any atom is -0.313 e. The lowest BCUT2D eigenvalue weighted by Gasteiger charge is -2.51. The summed E-state index contributed by atoms with van der Waals surface area (Å²) < 4.78 is 0. The summed E-state index contributed by atoms with van der Waals surface area (Å²) in [4.78, 5) is 25.0. The van der Waals surface area contributed by atoms with Gasteiger partial charge in [0.25, 0.3) is 0 Å². The smallest absolute Gasteiger partial charge is 0.189 e. The molecule has 1 N–H and O–H groups in total. The molecule has 0 aromatic carbocycles. The predicted molar refractivity (Wildman–Crippen MR) is 97.2 cm³/mol. The fraction of sp³-hybridized carbons (Fsp3) is 0.619. The Morgan fingerprint density at radius 1 is 1.04 bits per heavy atom. The maximum Gasteiger partial charge on any atom is 0.189 e. The Balaban J connectivity index is 1.72. The van der Waals surface area contributed by atoms with Crippen molar-refractivity contribution in [2.75, 3.05) is 0 Å². The van der Waals surface area contributed by atoms with Gasteiger partial charge in [-0.25, -0.2) is 0 Å². The zero-order valence-corrected chi connectivity index (χ0v) is 15.8. The van der Waals surface area contributed by atoms with Crippen LogP contribution in [0.5, 0.6) is 0 Å². The summed E-state index contributed by atoms with van der Waals surface area (Å²) in [6.45, 7) is 8.22. The number of fused-ring (bicyclic) bond motifs is 1. The van der Waals surface area contributed by atoms with Crippen molar-refractivity contribution < 1.29 is 14.8 Å². The van der Waals surface area contributed by atoms with Crippen LogP contribution in [0.25, 0.3) is 0 Å². The van der Waals surface area contributed by atoms with Crippen LogP contribution >= 0.6 is 0 Å². The Morgan fingerprint density at radius 2 is 1.60 bits per heavy atom. The van der Waals surface area contributed by atoms with Crippen LogP contribution in [0.2, 0.25) is 0 Å². The van der Waals surface area contributed by atoms with Crippen molar-refractivity contribution in [1.82, 2.24) is 5.06 Å². The Bertz CT molecular complexity index is 676. The van der Waals surface area contributed by atoms with Gasteiger partial charge in [0, 0.05) is 27.8 Å². The number of hydroxylamine groups is 2. The van der Waals surface area contributed by atoms with Gasteiger partial charge in [0.2, 0.25) is 0 Å². The Labute approximate surface area is 150 Å². The molecular weight excluding hydrogens is 314 g/mol. The average molecular weight is 343 g/mol. The van der Waals surface area contributed by atoms with Crippen LogP contribution in [0, 0.1) is 5.92 Å². The van der Waals surface area contributed by atoms with Crippen LogP contribution in [0.4, 0.5) is 0 Å². The van der Waals surface area contributed by atoms with Crippen molar-refractivity contribution in [1.29, 1.82) is 0 Å². The summed E-state index contributed by atoms with van der Waals surface area (Å²) in [5, 5.41) is 11.9. The molecule has 0 saturated carbocycles. The van der Waals surface area contributed by atoms with Gasteiger partial charge in [-0.1, -0.05) is 12.2 Å². The van der Waals surface area contributed by atoms with Crippen molar-refractivity contribution in [2.45, 2.75) is 77.3 Å². The van der Waals surface area contributed by atoms with E-state index in [1.54, 1.807) is 6.08 Å². The van der Waals surface area contributed by atoms with Gasteiger partial charge < -0.3 is 5.21 Å². The van der Waals surface area contributed by atoms with E-state index < -0.39 is 0 Å². The summed E-state index contributed by atoms with van der Waals surface area (Å²) in [5.41, 5.74) is 1.29. The zero-order valence-electron chi connectivity index (χ0n) is 15.8. The van der Waals surface area contributed by atoms with Gasteiger partial charge in [0.15, 0.2) is 11.6 Å². The summed E-state index contributed by atoms with van der Waals surface area (Å²) in [6.07, 6.45) is 10.3. The van der Waals surface area contributed by atoms with E-state index in [4.69, 9.17) is 0 Å². The first kappa shape index (κ1) is 18.3. The van der Waals surface area contributed by atoms with E-state index in [0.29, 0.717) is 29.1 Å². The summed E-state index contributed by atoms with van der Waals surface area (Å²) >= 11 is 0. The average Bonchev–Trinajstić information content (AvgIpc) is 2.54. The number of piperidine rings is 1. The summed E-state index contributed by atoms with van der Waals surface area (Å²) in [7, 11) is 0. The lowest BCUT2D eigenvalue weighted by atomic mass is 9.72. The molecule has 1 aliphatic heterocycles. The van der Waals surface area contributed by atoms with Gasteiger partial charge in [0.05, 0.1) is 0 Å². The fourth-order valence-electron chi connectivity index (χ4n) is 4.82.